The summed E-state index contributed by atoms with van der Waals surface area (Å²) < 4.78 is 0. The van der Waals surface area contributed by atoms with E-state index in [1.54, 1.807) is 30.3 Å². The number of hydrogen-bond donors (Lipinski definition) is 2. The molecule has 2 aromatic rings. The Hall–Kier alpha value is -2.26. The second-order valence-corrected chi connectivity index (χ2v) is 4.86. The number of nitrogens with two attached hydrogens (primary N) is 1. The highest BCUT2D eigenvalue weighted by Gasteiger charge is 2.01. The van der Waals surface area contributed by atoms with Gasteiger partial charge < -0.3 is 10.8 Å². The van der Waals surface area contributed by atoms with Gasteiger partial charge >= 0.3 is 0 Å². The van der Waals surface area contributed by atoms with Gasteiger partial charge in [0, 0.05) is 11.4 Å². The molecule has 0 aliphatic rings. The third-order valence-corrected chi connectivity index (χ3v) is 3.02. The van der Waals surface area contributed by atoms with Crippen LogP contribution in [-0.4, -0.2) is 10.9 Å². The number of phenolic OH excluding ortho intramolecular Hbond substituents is 1. The standard InChI is InChI=1S/C16H14ClNO2/c17-13-3-1-2-12(8-13)9-14(19)6-4-11-5-7-15(18)16(20)10-11/h1-8,10,20H,9,18H2/b6-4+. The van der Waals surface area contributed by atoms with Crippen molar-refractivity contribution in [1.82, 2.24) is 0 Å². The van der Waals surface area contributed by atoms with E-state index in [-0.39, 0.29) is 18.0 Å². The number of halogens is 1. The van der Waals surface area contributed by atoms with Gasteiger partial charge in [-0.05, 0) is 41.5 Å². The van der Waals surface area contributed by atoms with Crippen molar-refractivity contribution in [2.24, 2.45) is 0 Å². The summed E-state index contributed by atoms with van der Waals surface area (Å²) in [6.45, 7) is 0. The lowest BCUT2D eigenvalue weighted by molar-refractivity contribution is -0.113. The average molecular weight is 288 g/mol. The predicted molar refractivity (Wildman–Crippen MR) is 81.7 cm³/mol. The highest BCUT2D eigenvalue weighted by Crippen LogP contribution is 2.21. The molecule has 0 amide bonds. The molecule has 0 heterocycles. The summed E-state index contributed by atoms with van der Waals surface area (Å²) in [5, 5.41) is 10.1. The number of hydrogen-bond acceptors (Lipinski definition) is 3. The number of benzene rings is 2. The zero-order valence-electron chi connectivity index (χ0n) is 10.7. The monoisotopic (exact) mass is 287 g/mol. The predicted octanol–water partition coefficient (Wildman–Crippen LogP) is 3.45. The van der Waals surface area contributed by atoms with Gasteiger partial charge in [-0.25, -0.2) is 0 Å². The molecule has 0 spiro atoms. The topological polar surface area (TPSA) is 63.3 Å². The molecule has 0 bridgehead atoms. The van der Waals surface area contributed by atoms with E-state index >= 15 is 0 Å². The molecule has 0 fully saturated rings. The van der Waals surface area contributed by atoms with E-state index in [0.717, 1.165) is 11.1 Å². The van der Waals surface area contributed by atoms with Crippen molar-refractivity contribution in [2.75, 3.05) is 5.73 Å². The first kappa shape index (κ1) is 14.2. The van der Waals surface area contributed by atoms with Crippen LogP contribution >= 0.6 is 11.6 Å². The Kier molecular flexibility index (Phi) is 4.43. The van der Waals surface area contributed by atoms with Gasteiger partial charge in [0.1, 0.15) is 5.75 Å². The number of phenols is 1. The molecular formula is C16H14ClNO2. The second kappa shape index (κ2) is 6.26. The molecule has 0 unspecified atom stereocenters. The molecular weight excluding hydrogens is 274 g/mol. The van der Waals surface area contributed by atoms with Crippen LogP contribution in [0, 0.1) is 0 Å². The molecule has 4 heteroatoms. The van der Waals surface area contributed by atoms with Crippen molar-refractivity contribution in [1.29, 1.82) is 0 Å². The minimum atomic E-state index is -0.0384. The Bertz CT molecular complexity index is 665. The minimum absolute atomic E-state index is 0.00874. The Morgan fingerprint density at radius 1 is 1.25 bits per heavy atom. The fourth-order valence-corrected chi connectivity index (χ4v) is 1.97. The molecule has 0 aliphatic carbocycles. The van der Waals surface area contributed by atoms with Crippen LogP contribution in [0.5, 0.6) is 5.75 Å². The van der Waals surface area contributed by atoms with Crippen LogP contribution in [0.1, 0.15) is 11.1 Å². The number of carbonyl (C=O) groups excluding carboxylic acids is 1. The lowest BCUT2D eigenvalue weighted by atomic mass is 10.1. The van der Waals surface area contributed by atoms with Gasteiger partial charge in [-0.3, -0.25) is 4.79 Å². The maximum Gasteiger partial charge on any atom is 0.160 e. The summed E-state index contributed by atoms with van der Waals surface area (Å²) in [5.74, 6) is -0.0296. The largest absolute Gasteiger partial charge is 0.506 e. The van der Waals surface area contributed by atoms with Crippen LogP contribution in [0.2, 0.25) is 5.02 Å². The highest BCUT2D eigenvalue weighted by molar-refractivity contribution is 6.30. The van der Waals surface area contributed by atoms with Crippen LogP contribution in [-0.2, 0) is 11.2 Å². The fraction of sp³-hybridized carbons (Fsp3) is 0.0625. The summed E-state index contributed by atoms with van der Waals surface area (Å²) in [4.78, 5) is 11.8. The van der Waals surface area contributed by atoms with Gasteiger partial charge in [0.15, 0.2) is 5.78 Å². The maximum atomic E-state index is 11.8. The number of rotatable bonds is 4. The molecule has 3 N–H and O–H groups in total. The van der Waals surface area contributed by atoms with Gasteiger partial charge in [-0.2, -0.15) is 0 Å². The first-order valence-electron chi connectivity index (χ1n) is 6.08. The molecule has 0 radical (unpaired) electrons. The number of carbonyl (C=O) groups is 1. The summed E-state index contributed by atoms with van der Waals surface area (Å²) >= 11 is 5.86. The summed E-state index contributed by atoms with van der Waals surface area (Å²) in [5.41, 5.74) is 7.41. The zero-order chi connectivity index (χ0) is 14.5. The van der Waals surface area contributed by atoms with Gasteiger partial charge in [-0.1, -0.05) is 35.9 Å². The molecule has 0 aliphatic heterocycles. The molecule has 20 heavy (non-hydrogen) atoms. The van der Waals surface area contributed by atoms with Crippen LogP contribution in [0.3, 0.4) is 0 Å². The van der Waals surface area contributed by atoms with Crippen LogP contribution in [0.15, 0.2) is 48.5 Å². The minimum Gasteiger partial charge on any atom is -0.506 e. The maximum absolute atomic E-state index is 11.8. The summed E-state index contributed by atoms with van der Waals surface area (Å²) in [6.07, 6.45) is 3.41. The first-order valence-corrected chi connectivity index (χ1v) is 6.46. The van der Waals surface area contributed by atoms with Gasteiger partial charge in [-0.15, -0.1) is 0 Å². The van der Waals surface area contributed by atoms with Crippen molar-refractivity contribution < 1.29 is 9.90 Å². The van der Waals surface area contributed by atoms with Gasteiger partial charge in [0.05, 0.1) is 5.69 Å². The number of allylic oxidation sites excluding steroid dienone is 1. The van der Waals surface area contributed by atoms with Crippen molar-refractivity contribution in [3.63, 3.8) is 0 Å². The van der Waals surface area contributed by atoms with Crippen LogP contribution in [0.4, 0.5) is 5.69 Å². The highest BCUT2D eigenvalue weighted by atomic mass is 35.5. The van der Waals surface area contributed by atoms with Crippen molar-refractivity contribution in [3.8, 4) is 5.75 Å². The molecule has 3 nitrogen and oxygen atoms in total. The molecule has 2 rings (SSSR count). The molecule has 0 saturated heterocycles. The Labute approximate surface area is 122 Å². The quantitative estimate of drug-likeness (QED) is 0.514. The SMILES string of the molecule is Nc1ccc(/C=C/C(=O)Cc2cccc(Cl)c2)cc1O. The number of nitrogen functional groups attached to an aromatic ring is 1. The summed E-state index contributed by atoms with van der Waals surface area (Å²) in [7, 11) is 0. The molecule has 2 aromatic carbocycles. The van der Waals surface area contributed by atoms with Crippen molar-refractivity contribution >= 4 is 29.1 Å². The zero-order valence-corrected chi connectivity index (χ0v) is 11.5. The molecule has 0 atom stereocenters. The third-order valence-electron chi connectivity index (χ3n) is 2.78. The third kappa shape index (κ3) is 3.87. The number of ketones is 1. The first-order chi connectivity index (χ1) is 9.54. The van der Waals surface area contributed by atoms with E-state index in [4.69, 9.17) is 17.3 Å². The van der Waals surface area contributed by atoms with Crippen molar-refractivity contribution in [3.05, 3.63) is 64.7 Å². The molecule has 0 saturated carbocycles. The van der Waals surface area contributed by atoms with Crippen LogP contribution < -0.4 is 5.73 Å². The molecule has 102 valence electrons. The number of aromatic hydroxyl groups is 1. The van der Waals surface area contributed by atoms with E-state index in [0.29, 0.717) is 10.7 Å². The van der Waals surface area contributed by atoms with Gasteiger partial charge in [0.2, 0.25) is 0 Å². The lowest BCUT2D eigenvalue weighted by Gasteiger charge is -2.00. The van der Waals surface area contributed by atoms with E-state index in [2.05, 4.69) is 0 Å². The smallest absolute Gasteiger partial charge is 0.160 e. The second-order valence-electron chi connectivity index (χ2n) is 4.42. The average Bonchev–Trinajstić information content (AvgIpc) is 2.40. The molecule has 0 aromatic heterocycles. The Morgan fingerprint density at radius 3 is 2.75 bits per heavy atom. The fourth-order valence-electron chi connectivity index (χ4n) is 1.76. The summed E-state index contributed by atoms with van der Waals surface area (Å²) in [6, 6.07) is 12.0. The van der Waals surface area contributed by atoms with E-state index in [9.17, 15) is 9.90 Å². The van der Waals surface area contributed by atoms with E-state index < -0.39 is 0 Å². The number of anilines is 1. The van der Waals surface area contributed by atoms with Crippen molar-refractivity contribution in [2.45, 2.75) is 6.42 Å². The Balaban J connectivity index is 2.03. The lowest BCUT2D eigenvalue weighted by Crippen LogP contribution is -1.98. The van der Waals surface area contributed by atoms with Gasteiger partial charge in [0.25, 0.3) is 0 Å². The van der Waals surface area contributed by atoms with E-state index in [1.165, 1.54) is 12.1 Å². The Morgan fingerprint density at radius 2 is 2.05 bits per heavy atom. The van der Waals surface area contributed by atoms with Crippen LogP contribution in [0.25, 0.3) is 6.08 Å². The van der Waals surface area contributed by atoms with E-state index in [1.807, 2.05) is 12.1 Å². The normalized spacial score (nSPS) is 10.8.